The van der Waals surface area contributed by atoms with E-state index < -0.39 is 30.8 Å². The molecule has 1 N–H and O–H groups in total. The molecule has 2 aromatic carbocycles. The van der Waals surface area contributed by atoms with Crippen molar-refractivity contribution in [2.24, 2.45) is 0 Å². The van der Waals surface area contributed by atoms with Crippen LogP contribution in [0.2, 0.25) is 0 Å². The standard InChI is InChI=1S/C16H17FN2O5S2/c17-15-6-1-2-7-16(15)25(20,21)18-13-4-3-5-14(12-13)26(22,23)19-8-10-24-11-9-19/h1-7,12,18H,8-11H2. The van der Waals surface area contributed by atoms with Crippen molar-refractivity contribution in [3.05, 3.63) is 54.3 Å². The summed E-state index contributed by atoms with van der Waals surface area (Å²) < 4.78 is 72.4. The maximum absolute atomic E-state index is 13.8. The van der Waals surface area contributed by atoms with Gasteiger partial charge < -0.3 is 4.74 Å². The van der Waals surface area contributed by atoms with Gasteiger partial charge in [0, 0.05) is 13.1 Å². The number of nitrogens with one attached hydrogen (secondary N) is 1. The van der Waals surface area contributed by atoms with E-state index >= 15 is 0 Å². The number of morpholine rings is 1. The summed E-state index contributed by atoms with van der Waals surface area (Å²) in [7, 11) is -7.95. The molecule has 0 radical (unpaired) electrons. The third-order valence-corrected chi connectivity index (χ3v) is 7.13. The molecule has 1 aliphatic heterocycles. The Labute approximate surface area is 151 Å². The van der Waals surface area contributed by atoms with Crippen LogP contribution in [0.1, 0.15) is 0 Å². The fourth-order valence-corrected chi connectivity index (χ4v) is 5.11. The smallest absolute Gasteiger partial charge is 0.264 e. The molecule has 26 heavy (non-hydrogen) atoms. The van der Waals surface area contributed by atoms with Gasteiger partial charge in [-0.3, -0.25) is 4.72 Å². The third-order valence-electron chi connectivity index (χ3n) is 3.82. The van der Waals surface area contributed by atoms with E-state index in [9.17, 15) is 21.2 Å². The maximum atomic E-state index is 13.8. The molecule has 0 spiro atoms. The van der Waals surface area contributed by atoms with E-state index in [2.05, 4.69) is 4.72 Å². The molecule has 1 aliphatic rings. The van der Waals surface area contributed by atoms with E-state index in [0.717, 1.165) is 12.1 Å². The fraction of sp³-hybridized carbons (Fsp3) is 0.250. The SMILES string of the molecule is O=S(=O)(Nc1cccc(S(=O)(=O)N2CCOCC2)c1)c1ccccc1F. The summed E-state index contributed by atoms with van der Waals surface area (Å²) in [6, 6.07) is 10.4. The van der Waals surface area contributed by atoms with Gasteiger partial charge in [-0.2, -0.15) is 4.31 Å². The van der Waals surface area contributed by atoms with Crippen LogP contribution < -0.4 is 4.72 Å². The molecular weight excluding hydrogens is 383 g/mol. The first-order chi connectivity index (χ1) is 12.3. The number of hydrogen-bond donors (Lipinski definition) is 1. The molecule has 0 aliphatic carbocycles. The Bertz CT molecular complexity index is 1000. The van der Waals surface area contributed by atoms with Crippen molar-refractivity contribution in [1.29, 1.82) is 0 Å². The van der Waals surface area contributed by atoms with Gasteiger partial charge >= 0.3 is 0 Å². The molecule has 0 atom stereocenters. The minimum atomic E-state index is -4.18. The van der Waals surface area contributed by atoms with Gasteiger partial charge in [0.25, 0.3) is 10.0 Å². The summed E-state index contributed by atoms with van der Waals surface area (Å²) in [6.07, 6.45) is 0. The second kappa shape index (κ2) is 7.31. The molecule has 1 fully saturated rings. The zero-order chi connectivity index (χ0) is 18.8. The number of nitrogens with zero attached hydrogens (tertiary/aromatic N) is 1. The van der Waals surface area contributed by atoms with Crippen LogP contribution in [0.15, 0.2) is 58.3 Å². The number of rotatable bonds is 5. The highest BCUT2D eigenvalue weighted by Crippen LogP contribution is 2.23. The van der Waals surface area contributed by atoms with Gasteiger partial charge in [-0.05, 0) is 30.3 Å². The van der Waals surface area contributed by atoms with Crippen molar-refractivity contribution in [3.63, 3.8) is 0 Å². The monoisotopic (exact) mass is 400 g/mol. The Morgan fingerprint density at radius 2 is 1.65 bits per heavy atom. The molecule has 7 nitrogen and oxygen atoms in total. The summed E-state index contributed by atoms with van der Waals surface area (Å²) >= 11 is 0. The molecule has 0 bridgehead atoms. The zero-order valence-electron chi connectivity index (χ0n) is 13.6. The number of hydrogen-bond acceptors (Lipinski definition) is 5. The highest BCUT2D eigenvalue weighted by atomic mass is 32.2. The lowest BCUT2D eigenvalue weighted by Gasteiger charge is -2.26. The highest BCUT2D eigenvalue weighted by Gasteiger charge is 2.27. The van der Waals surface area contributed by atoms with Crippen LogP contribution >= 0.6 is 0 Å². The normalized spacial score (nSPS) is 16.3. The van der Waals surface area contributed by atoms with Crippen LogP contribution in [0.3, 0.4) is 0 Å². The van der Waals surface area contributed by atoms with Crippen molar-refractivity contribution in [2.75, 3.05) is 31.0 Å². The van der Waals surface area contributed by atoms with Crippen LogP contribution in [0, 0.1) is 5.82 Å². The van der Waals surface area contributed by atoms with Crippen LogP contribution in [-0.2, 0) is 24.8 Å². The number of sulfonamides is 2. The molecule has 0 saturated carbocycles. The van der Waals surface area contributed by atoms with Gasteiger partial charge in [-0.25, -0.2) is 21.2 Å². The lowest BCUT2D eigenvalue weighted by atomic mass is 10.3. The van der Waals surface area contributed by atoms with Crippen LogP contribution in [-0.4, -0.2) is 47.4 Å². The van der Waals surface area contributed by atoms with Gasteiger partial charge in [0.1, 0.15) is 10.7 Å². The minimum Gasteiger partial charge on any atom is -0.379 e. The highest BCUT2D eigenvalue weighted by molar-refractivity contribution is 7.92. The van der Waals surface area contributed by atoms with Crippen LogP contribution in [0.5, 0.6) is 0 Å². The Morgan fingerprint density at radius 3 is 2.35 bits per heavy atom. The molecule has 3 rings (SSSR count). The average molecular weight is 400 g/mol. The molecule has 1 saturated heterocycles. The fourth-order valence-electron chi connectivity index (χ4n) is 2.53. The average Bonchev–Trinajstić information content (AvgIpc) is 2.62. The summed E-state index contributed by atoms with van der Waals surface area (Å²) in [5.41, 5.74) is 0.0302. The van der Waals surface area contributed by atoms with E-state index in [1.54, 1.807) is 0 Å². The van der Waals surface area contributed by atoms with E-state index in [0.29, 0.717) is 13.2 Å². The molecular formula is C16H17FN2O5S2. The van der Waals surface area contributed by atoms with Crippen molar-refractivity contribution in [2.45, 2.75) is 9.79 Å². The molecule has 10 heteroatoms. The largest absolute Gasteiger partial charge is 0.379 e. The maximum Gasteiger partial charge on any atom is 0.264 e. The number of anilines is 1. The molecule has 140 valence electrons. The second-order valence-corrected chi connectivity index (χ2v) is 9.17. The zero-order valence-corrected chi connectivity index (χ0v) is 15.3. The quantitative estimate of drug-likeness (QED) is 0.824. The van der Waals surface area contributed by atoms with Crippen LogP contribution in [0.25, 0.3) is 0 Å². The third kappa shape index (κ3) is 3.88. The summed E-state index contributed by atoms with van der Waals surface area (Å²) in [4.78, 5) is -0.561. The Morgan fingerprint density at radius 1 is 0.962 bits per heavy atom. The molecule has 0 amide bonds. The van der Waals surface area contributed by atoms with Gasteiger partial charge in [-0.15, -0.1) is 0 Å². The van der Waals surface area contributed by atoms with E-state index in [4.69, 9.17) is 4.74 Å². The van der Waals surface area contributed by atoms with Crippen molar-refractivity contribution >= 4 is 25.7 Å². The molecule has 0 unspecified atom stereocenters. The second-order valence-electron chi connectivity index (χ2n) is 5.58. The Hall–Kier alpha value is -2.01. The number of halogens is 1. The minimum absolute atomic E-state index is 0.0302. The van der Waals surface area contributed by atoms with E-state index in [1.165, 1.54) is 40.7 Å². The Balaban J connectivity index is 1.89. The predicted octanol–water partition coefficient (Wildman–Crippen LogP) is 1.65. The van der Waals surface area contributed by atoms with Gasteiger partial charge in [-0.1, -0.05) is 18.2 Å². The molecule has 1 heterocycles. The summed E-state index contributed by atoms with van der Waals surface area (Å²) in [5.74, 6) is -0.892. The van der Waals surface area contributed by atoms with Gasteiger partial charge in [0.05, 0.1) is 23.8 Å². The van der Waals surface area contributed by atoms with Crippen molar-refractivity contribution in [3.8, 4) is 0 Å². The number of ether oxygens (including phenoxy) is 1. The molecule has 0 aromatic heterocycles. The van der Waals surface area contributed by atoms with Crippen LogP contribution in [0.4, 0.5) is 10.1 Å². The van der Waals surface area contributed by atoms with E-state index in [1.807, 2.05) is 0 Å². The van der Waals surface area contributed by atoms with E-state index in [-0.39, 0.29) is 23.7 Å². The molecule has 2 aromatic rings. The first-order valence-electron chi connectivity index (χ1n) is 7.76. The summed E-state index contributed by atoms with van der Waals surface area (Å²) in [6.45, 7) is 1.07. The van der Waals surface area contributed by atoms with Crippen molar-refractivity contribution < 1.29 is 26.0 Å². The lowest BCUT2D eigenvalue weighted by molar-refractivity contribution is 0.0730. The Kier molecular flexibility index (Phi) is 5.28. The number of benzene rings is 2. The van der Waals surface area contributed by atoms with Crippen molar-refractivity contribution in [1.82, 2.24) is 4.31 Å². The predicted molar refractivity (Wildman–Crippen MR) is 93.2 cm³/mol. The first-order valence-corrected chi connectivity index (χ1v) is 10.7. The lowest BCUT2D eigenvalue weighted by Crippen LogP contribution is -2.40. The topological polar surface area (TPSA) is 92.8 Å². The van der Waals surface area contributed by atoms with Gasteiger partial charge in [0.2, 0.25) is 10.0 Å². The summed E-state index contributed by atoms with van der Waals surface area (Å²) in [5, 5.41) is 0. The first kappa shape index (κ1) is 18.8. The van der Waals surface area contributed by atoms with Gasteiger partial charge in [0.15, 0.2) is 0 Å².